The van der Waals surface area contributed by atoms with E-state index >= 15 is 0 Å². The van der Waals surface area contributed by atoms with Gasteiger partial charge >= 0.3 is 6.18 Å². The molecule has 0 aromatic rings. The van der Waals surface area contributed by atoms with Crippen LogP contribution < -0.4 is 0 Å². The number of rotatable bonds is 0. The monoisotopic (exact) mass is 264 g/mol. The second-order valence-electron chi connectivity index (χ2n) is 2.65. The van der Waals surface area contributed by atoms with E-state index in [9.17, 15) is 13.2 Å². The van der Waals surface area contributed by atoms with Crippen LogP contribution >= 0.6 is 22.6 Å². The molecule has 0 radical (unpaired) electrons. The minimum absolute atomic E-state index is 0.240. The normalized spacial score (nSPS) is 34.8. The SMILES string of the molecule is FC(F)(F)[C@H]1CC[C@H](I)C1. The highest BCUT2D eigenvalue weighted by Gasteiger charge is 2.43. The summed E-state index contributed by atoms with van der Waals surface area (Å²) < 4.78 is 36.0. The van der Waals surface area contributed by atoms with Crippen molar-refractivity contribution in [2.75, 3.05) is 0 Å². The van der Waals surface area contributed by atoms with Gasteiger partial charge in [-0.05, 0) is 19.3 Å². The first-order valence-electron chi connectivity index (χ1n) is 3.21. The lowest BCUT2D eigenvalue weighted by Crippen LogP contribution is -2.19. The van der Waals surface area contributed by atoms with Crippen molar-refractivity contribution in [1.29, 1.82) is 0 Å². The fraction of sp³-hybridized carbons (Fsp3) is 1.00. The highest BCUT2D eigenvalue weighted by atomic mass is 127. The molecule has 0 aromatic carbocycles. The van der Waals surface area contributed by atoms with Crippen molar-refractivity contribution >= 4 is 22.6 Å². The van der Waals surface area contributed by atoms with Crippen molar-refractivity contribution < 1.29 is 13.2 Å². The van der Waals surface area contributed by atoms with Crippen molar-refractivity contribution in [3.05, 3.63) is 0 Å². The van der Waals surface area contributed by atoms with E-state index in [0.29, 0.717) is 12.8 Å². The van der Waals surface area contributed by atoms with Crippen molar-refractivity contribution in [2.24, 2.45) is 5.92 Å². The number of hydrogen-bond acceptors (Lipinski definition) is 0. The highest BCUT2D eigenvalue weighted by molar-refractivity contribution is 14.1. The molecule has 1 fully saturated rings. The van der Waals surface area contributed by atoms with Crippen molar-refractivity contribution in [3.8, 4) is 0 Å². The van der Waals surface area contributed by atoms with Gasteiger partial charge in [-0.2, -0.15) is 13.2 Å². The summed E-state index contributed by atoms with van der Waals surface area (Å²) >= 11 is 2.09. The smallest absolute Gasteiger partial charge is 0.171 e. The third-order valence-electron chi connectivity index (χ3n) is 1.83. The molecule has 0 aliphatic heterocycles. The standard InChI is InChI=1S/C6H8F3I/c7-6(8,9)4-1-2-5(10)3-4/h4-5H,1-3H2/t4-,5-/m0/s1. The van der Waals surface area contributed by atoms with Gasteiger partial charge in [-0.15, -0.1) is 0 Å². The Morgan fingerprint density at radius 1 is 1.20 bits per heavy atom. The molecule has 0 spiro atoms. The first-order chi connectivity index (χ1) is 4.50. The van der Waals surface area contributed by atoms with Gasteiger partial charge in [0, 0.05) is 3.92 Å². The minimum atomic E-state index is -3.94. The summed E-state index contributed by atoms with van der Waals surface area (Å²) in [5.41, 5.74) is 0. The van der Waals surface area contributed by atoms with E-state index in [1.807, 2.05) is 0 Å². The van der Waals surface area contributed by atoms with E-state index in [1.165, 1.54) is 0 Å². The summed E-state index contributed by atoms with van der Waals surface area (Å²) in [5, 5.41) is 0. The van der Waals surface area contributed by atoms with Crippen LogP contribution in [0.1, 0.15) is 19.3 Å². The van der Waals surface area contributed by atoms with Crippen LogP contribution in [0.3, 0.4) is 0 Å². The quantitative estimate of drug-likeness (QED) is 0.465. The molecule has 1 saturated carbocycles. The van der Waals surface area contributed by atoms with Crippen LogP contribution in [0.15, 0.2) is 0 Å². The third kappa shape index (κ3) is 2.00. The van der Waals surface area contributed by atoms with Crippen LogP contribution in [0.2, 0.25) is 0 Å². The predicted octanol–water partition coefficient (Wildman–Crippen LogP) is 3.15. The van der Waals surface area contributed by atoms with Crippen LogP contribution in [0.25, 0.3) is 0 Å². The van der Waals surface area contributed by atoms with Gasteiger partial charge in [0.2, 0.25) is 0 Å². The number of alkyl halides is 4. The van der Waals surface area contributed by atoms with Gasteiger partial charge in [0.1, 0.15) is 0 Å². The maximum absolute atomic E-state index is 11.9. The fourth-order valence-electron chi connectivity index (χ4n) is 1.22. The lowest BCUT2D eigenvalue weighted by atomic mass is 10.1. The molecule has 0 unspecified atom stereocenters. The summed E-state index contributed by atoms with van der Waals surface area (Å²) in [7, 11) is 0. The van der Waals surface area contributed by atoms with Gasteiger partial charge in [0.05, 0.1) is 5.92 Å². The minimum Gasteiger partial charge on any atom is -0.171 e. The Bertz CT molecular complexity index is 121. The van der Waals surface area contributed by atoms with Crippen LogP contribution in [0.5, 0.6) is 0 Å². The zero-order valence-electron chi connectivity index (χ0n) is 5.29. The number of halogens is 4. The Kier molecular flexibility index (Phi) is 2.47. The molecular formula is C6H8F3I. The first-order valence-corrected chi connectivity index (χ1v) is 4.45. The van der Waals surface area contributed by atoms with Crippen molar-refractivity contribution in [1.82, 2.24) is 0 Å². The Morgan fingerprint density at radius 2 is 1.80 bits per heavy atom. The lowest BCUT2D eigenvalue weighted by Gasteiger charge is -2.12. The molecule has 0 heterocycles. The molecule has 4 heteroatoms. The summed E-state index contributed by atoms with van der Waals surface area (Å²) in [6, 6.07) is 0. The predicted molar refractivity (Wildman–Crippen MR) is 41.2 cm³/mol. The van der Waals surface area contributed by atoms with Gasteiger partial charge in [0.25, 0.3) is 0 Å². The zero-order chi connectivity index (χ0) is 7.78. The van der Waals surface area contributed by atoms with Gasteiger partial charge in [0.15, 0.2) is 0 Å². The summed E-state index contributed by atoms with van der Waals surface area (Å²) in [6.45, 7) is 0. The molecule has 0 aromatic heterocycles. The maximum Gasteiger partial charge on any atom is 0.391 e. The summed E-state index contributed by atoms with van der Waals surface area (Å²) in [5.74, 6) is -1.02. The highest BCUT2D eigenvalue weighted by Crippen LogP contribution is 2.41. The van der Waals surface area contributed by atoms with E-state index in [2.05, 4.69) is 22.6 Å². The van der Waals surface area contributed by atoms with Crippen LogP contribution in [0, 0.1) is 5.92 Å². The Morgan fingerprint density at radius 3 is 2.00 bits per heavy atom. The average Bonchev–Trinajstić information content (AvgIpc) is 2.11. The van der Waals surface area contributed by atoms with Gasteiger partial charge < -0.3 is 0 Å². The molecule has 60 valence electrons. The third-order valence-corrected chi connectivity index (χ3v) is 2.96. The maximum atomic E-state index is 11.9. The Hall–Kier alpha value is 0.520. The molecule has 0 bridgehead atoms. The Labute approximate surface area is 71.3 Å². The molecule has 1 aliphatic rings. The summed E-state index contributed by atoms with van der Waals surface area (Å²) in [4.78, 5) is 0. The second-order valence-corrected chi connectivity index (χ2v) is 4.41. The van der Waals surface area contributed by atoms with Gasteiger partial charge in [-0.25, -0.2) is 0 Å². The van der Waals surface area contributed by atoms with Crippen molar-refractivity contribution in [3.63, 3.8) is 0 Å². The first kappa shape index (κ1) is 8.62. The molecule has 0 N–H and O–H groups in total. The molecular weight excluding hydrogens is 256 g/mol. The number of hydrogen-bond donors (Lipinski definition) is 0. The molecule has 1 aliphatic carbocycles. The van der Waals surface area contributed by atoms with Crippen molar-refractivity contribution in [2.45, 2.75) is 29.4 Å². The van der Waals surface area contributed by atoms with Crippen LogP contribution in [-0.2, 0) is 0 Å². The zero-order valence-corrected chi connectivity index (χ0v) is 7.45. The van der Waals surface area contributed by atoms with E-state index in [0.717, 1.165) is 6.42 Å². The molecule has 0 saturated heterocycles. The largest absolute Gasteiger partial charge is 0.391 e. The fourth-order valence-corrected chi connectivity index (χ4v) is 2.20. The summed E-state index contributed by atoms with van der Waals surface area (Å²) in [6.07, 6.45) is -2.56. The molecule has 0 amide bonds. The van der Waals surface area contributed by atoms with Crippen LogP contribution in [0.4, 0.5) is 13.2 Å². The second kappa shape index (κ2) is 2.87. The van der Waals surface area contributed by atoms with E-state index < -0.39 is 12.1 Å². The van der Waals surface area contributed by atoms with Crippen LogP contribution in [-0.4, -0.2) is 10.1 Å². The van der Waals surface area contributed by atoms with Gasteiger partial charge in [-0.3, -0.25) is 0 Å². The average molecular weight is 264 g/mol. The lowest BCUT2D eigenvalue weighted by molar-refractivity contribution is -0.172. The molecule has 0 nitrogen and oxygen atoms in total. The molecule has 10 heavy (non-hydrogen) atoms. The molecule has 2 atom stereocenters. The van der Waals surface area contributed by atoms with Gasteiger partial charge in [-0.1, -0.05) is 22.6 Å². The van der Waals surface area contributed by atoms with E-state index in [1.54, 1.807) is 0 Å². The van der Waals surface area contributed by atoms with E-state index in [4.69, 9.17) is 0 Å². The Balaban J connectivity index is 2.45. The van der Waals surface area contributed by atoms with E-state index in [-0.39, 0.29) is 3.92 Å². The molecule has 1 rings (SSSR count). The topological polar surface area (TPSA) is 0 Å².